The minimum atomic E-state index is -0.832. The number of aliphatic hydroxyl groups excluding tert-OH is 1. The molecule has 0 aromatic carbocycles. The van der Waals surface area contributed by atoms with E-state index in [0.717, 1.165) is 0 Å². The van der Waals surface area contributed by atoms with Crippen molar-refractivity contribution in [2.24, 2.45) is 0 Å². The number of hydrogen-bond donors (Lipinski definition) is 2. The first kappa shape index (κ1) is 15.3. The van der Waals surface area contributed by atoms with E-state index in [9.17, 15) is 9.90 Å². The Kier molecular flexibility index (Phi) is 3.83. The van der Waals surface area contributed by atoms with Crippen LogP contribution in [0, 0.1) is 0 Å². The summed E-state index contributed by atoms with van der Waals surface area (Å²) in [5.74, 6) is -0.738. The lowest BCUT2D eigenvalue weighted by atomic mass is 9.94. The van der Waals surface area contributed by atoms with Crippen LogP contribution in [0.2, 0.25) is 0 Å². The molecule has 0 bridgehead atoms. The van der Waals surface area contributed by atoms with Gasteiger partial charge in [0, 0.05) is 0 Å². The van der Waals surface area contributed by atoms with Crippen molar-refractivity contribution in [3.63, 3.8) is 0 Å². The molecule has 1 aliphatic carbocycles. The van der Waals surface area contributed by atoms with Gasteiger partial charge >= 0.3 is 6.09 Å². The summed E-state index contributed by atoms with van der Waals surface area (Å²) in [4.78, 5) is 11.9. The van der Waals surface area contributed by atoms with Gasteiger partial charge in [-0.15, -0.1) is 0 Å². The van der Waals surface area contributed by atoms with Gasteiger partial charge in [-0.1, -0.05) is 12.2 Å². The number of rotatable bonds is 1. The fraction of sp³-hybridized carbons (Fsp3) is 0.786. The molecule has 0 saturated carbocycles. The van der Waals surface area contributed by atoms with Crippen LogP contribution in [0.25, 0.3) is 0 Å². The summed E-state index contributed by atoms with van der Waals surface area (Å²) < 4.78 is 16.7. The van der Waals surface area contributed by atoms with Crippen molar-refractivity contribution in [2.75, 3.05) is 0 Å². The van der Waals surface area contributed by atoms with Crippen molar-refractivity contribution in [1.82, 2.24) is 5.32 Å². The summed E-state index contributed by atoms with van der Waals surface area (Å²) in [7, 11) is 0. The highest BCUT2D eigenvalue weighted by molar-refractivity contribution is 5.68. The van der Waals surface area contributed by atoms with Crippen LogP contribution >= 0.6 is 0 Å². The molecule has 1 fully saturated rings. The molecule has 1 aliphatic heterocycles. The van der Waals surface area contributed by atoms with E-state index in [-0.39, 0.29) is 6.10 Å². The lowest BCUT2D eigenvalue weighted by molar-refractivity contribution is -0.146. The largest absolute Gasteiger partial charge is 0.444 e. The van der Waals surface area contributed by atoms with E-state index < -0.39 is 35.7 Å². The third-order valence-corrected chi connectivity index (χ3v) is 3.07. The Labute approximate surface area is 119 Å². The second kappa shape index (κ2) is 5.02. The van der Waals surface area contributed by atoms with E-state index >= 15 is 0 Å². The Balaban J connectivity index is 2.06. The second-order valence-corrected chi connectivity index (χ2v) is 6.61. The third-order valence-electron chi connectivity index (χ3n) is 3.07. The summed E-state index contributed by atoms with van der Waals surface area (Å²) in [6, 6.07) is -0.596. The molecule has 0 radical (unpaired) electrons. The summed E-state index contributed by atoms with van der Waals surface area (Å²) in [6.07, 6.45) is 1.24. The third kappa shape index (κ3) is 3.50. The molecule has 2 rings (SSSR count). The maximum atomic E-state index is 11.9. The Morgan fingerprint density at radius 1 is 1.30 bits per heavy atom. The van der Waals surface area contributed by atoms with Crippen LogP contribution in [0.1, 0.15) is 34.6 Å². The molecule has 0 aromatic heterocycles. The van der Waals surface area contributed by atoms with Gasteiger partial charge in [-0.05, 0) is 34.6 Å². The highest BCUT2D eigenvalue weighted by atomic mass is 16.8. The van der Waals surface area contributed by atoms with Gasteiger partial charge in [0.2, 0.25) is 0 Å². The molecule has 6 heteroatoms. The number of carbonyl (C=O) groups is 1. The number of carbonyl (C=O) groups excluding carboxylic acids is 1. The van der Waals surface area contributed by atoms with E-state index in [2.05, 4.69) is 5.32 Å². The molecule has 0 unspecified atom stereocenters. The summed E-state index contributed by atoms with van der Waals surface area (Å²) >= 11 is 0. The number of fused-ring (bicyclic) bond motifs is 1. The highest BCUT2D eigenvalue weighted by Crippen LogP contribution is 2.34. The van der Waals surface area contributed by atoms with Gasteiger partial charge in [0.05, 0.1) is 12.1 Å². The van der Waals surface area contributed by atoms with Gasteiger partial charge in [-0.25, -0.2) is 4.79 Å². The van der Waals surface area contributed by atoms with Crippen LogP contribution in [-0.4, -0.2) is 46.9 Å². The van der Waals surface area contributed by atoms with Crippen molar-refractivity contribution in [2.45, 2.75) is 70.4 Å². The van der Waals surface area contributed by atoms with Crippen molar-refractivity contribution in [1.29, 1.82) is 0 Å². The number of nitrogens with one attached hydrogen (secondary N) is 1. The van der Waals surface area contributed by atoms with Gasteiger partial charge in [0.15, 0.2) is 5.79 Å². The maximum absolute atomic E-state index is 11.9. The second-order valence-electron chi connectivity index (χ2n) is 6.61. The first-order valence-corrected chi connectivity index (χ1v) is 6.79. The molecule has 1 saturated heterocycles. The van der Waals surface area contributed by atoms with Gasteiger partial charge in [0.1, 0.15) is 17.8 Å². The molecule has 4 atom stereocenters. The minimum absolute atomic E-state index is 0.284. The number of alkyl carbamates (subject to hydrolysis) is 1. The zero-order valence-electron chi connectivity index (χ0n) is 12.5. The lowest BCUT2D eigenvalue weighted by Crippen LogP contribution is -2.56. The standard InChI is InChI=1S/C14H23NO5/c1-13(2,3)20-12(17)15-10-8(16)6-7-9-11(10)19-14(4,5)18-9/h6-11,16H,1-5H3,(H,15,17)/t8-,9-,10+,11-/m0/s1. The van der Waals surface area contributed by atoms with Gasteiger partial charge in [-0.3, -0.25) is 0 Å². The zero-order chi connectivity index (χ0) is 15.1. The molecular formula is C14H23NO5. The molecule has 1 heterocycles. The lowest BCUT2D eigenvalue weighted by Gasteiger charge is -2.32. The van der Waals surface area contributed by atoms with E-state index in [1.807, 2.05) is 0 Å². The fourth-order valence-electron chi connectivity index (χ4n) is 2.39. The van der Waals surface area contributed by atoms with Crippen LogP contribution < -0.4 is 5.32 Å². The molecule has 114 valence electrons. The molecule has 1 amide bonds. The van der Waals surface area contributed by atoms with Crippen LogP contribution in [0.5, 0.6) is 0 Å². The molecular weight excluding hydrogens is 262 g/mol. The predicted molar refractivity (Wildman–Crippen MR) is 72.1 cm³/mol. The van der Waals surface area contributed by atoms with Gasteiger partial charge < -0.3 is 24.6 Å². The van der Waals surface area contributed by atoms with Crippen LogP contribution in [0.15, 0.2) is 12.2 Å². The molecule has 20 heavy (non-hydrogen) atoms. The topological polar surface area (TPSA) is 77.0 Å². The van der Waals surface area contributed by atoms with Crippen molar-refractivity contribution >= 4 is 6.09 Å². The van der Waals surface area contributed by atoms with Crippen LogP contribution in [-0.2, 0) is 14.2 Å². The summed E-state index contributed by atoms with van der Waals surface area (Å²) in [5.41, 5.74) is -0.592. The Morgan fingerprint density at radius 3 is 2.55 bits per heavy atom. The van der Waals surface area contributed by atoms with Crippen LogP contribution in [0.3, 0.4) is 0 Å². The SMILES string of the molecule is CC(C)(C)OC(=O)N[C@H]1[C@H]2OC(C)(C)O[C@H]2C=C[C@@H]1O. The Bertz CT molecular complexity index is 412. The number of aliphatic hydroxyl groups is 1. The van der Waals surface area contributed by atoms with E-state index in [1.54, 1.807) is 46.8 Å². The molecule has 6 nitrogen and oxygen atoms in total. The van der Waals surface area contributed by atoms with Crippen molar-refractivity contribution < 1.29 is 24.1 Å². The van der Waals surface area contributed by atoms with Gasteiger partial charge in [-0.2, -0.15) is 0 Å². The smallest absolute Gasteiger partial charge is 0.408 e. The zero-order valence-corrected chi connectivity index (χ0v) is 12.5. The Hall–Kier alpha value is -1.11. The van der Waals surface area contributed by atoms with E-state index in [0.29, 0.717) is 0 Å². The first-order valence-electron chi connectivity index (χ1n) is 6.79. The molecule has 0 spiro atoms. The number of hydrogen-bond acceptors (Lipinski definition) is 5. The predicted octanol–water partition coefficient (Wildman–Crippen LogP) is 1.33. The molecule has 2 N–H and O–H groups in total. The average Bonchev–Trinajstić information content (AvgIpc) is 2.55. The van der Waals surface area contributed by atoms with E-state index in [4.69, 9.17) is 14.2 Å². The summed E-state index contributed by atoms with van der Waals surface area (Å²) in [6.45, 7) is 8.95. The summed E-state index contributed by atoms with van der Waals surface area (Å²) in [5, 5.41) is 12.7. The fourth-order valence-corrected chi connectivity index (χ4v) is 2.39. The average molecular weight is 285 g/mol. The van der Waals surface area contributed by atoms with Crippen molar-refractivity contribution in [3.05, 3.63) is 12.2 Å². The maximum Gasteiger partial charge on any atom is 0.408 e. The minimum Gasteiger partial charge on any atom is -0.444 e. The monoisotopic (exact) mass is 285 g/mol. The van der Waals surface area contributed by atoms with E-state index in [1.165, 1.54) is 0 Å². The first-order chi connectivity index (χ1) is 9.07. The highest BCUT2D eigenvalue weighted by Gasteiger charge is 2.48. The molecule has 2 aliphatic rings. The number of amides is 1. The molecule has 0 aromatic rings. The van der Waals surface area contributed by atoms with Crippen molar-refractivity contribution in [3.8, 4) is 0 Å². The van der Waals surface area contributed by atoms with Crippen LogP contribution in [0.4, 0.5) is 4.79 Å². The van der Waals surface area contributed by atoms with Gasteiger partial charge in [0.25, 0.3) is 0 Å². The Morgan fingerprint density at radius 2 is 1.95 bits per heavy atom. The number of ether oxygens (including phenoxy) is 3. The quantitative estimate of drug-likeness (QED) is 0.711. The normalized spacial score (nSPS) is 35.5.